The van der Waals surface area contributed by atoms with Gasteiger partial charge in [0.15, 0.2) is 0 Å². The van der Waals surface area contributed by atoms with E-state index in [-0.39, 0.29) is 17.2 Å². The average molecular weight is 388 g/mol. The van der Waals surface area contributed by atoms with Gasteiger partial charge in [0.1, 0.15) is 17.4 Å². The van der Waals surface area contributed by atoms with E-state index in [2.05, 4.69) is 4.98 Å². The van der Waals surface area contributed by atoms with Crippen LogP contribution in [0.5, 0.6) is 0 Å². The number of aromatic nitrogens is 1. The number of aryl methyl sites for hydroxylation is 1. The van der Waals surface area contributed by atoms with Crippen LogP contribution in [0.25, 0.3) is 5.76 Å². The van der Waals surface area contributed by atoms with Crippen molar-refractivity contribution in [2.75, 3.05) is 4.90 Å². The molecule has 0 aliphatic carbocycles. The SMILES string of the molecule is Cc1ccc(/C(O)=C2\C(=O)C(=O)N(c3ccccn3)[C@@H]2c2ccc(F)cc2)cc1. The van der Waals surface area contributed by atoms with Crippen molar-refractivity contribution in [3.63, 3.8) is 0 Å². The first kappa shape index (κ1) is 18.6. The highest BCUT2D eigenvalue weighted by Gasteiger charge is 2.47. The number of carbonyl (C=O) groups excluding carboxylic acids is 2. The molecule has 2 heterocycles. The lowest BCUT2D eigenvalue weighted by atomic mass is 9.95. The fourth-order valence-corrected chi connectivity index (χ4v) is 3.39. The molecule has 29 heavy (non-hydrogen) atoms. The molecule has 6 heteroatoms. The molecular weight excluding hydrogens is 371 g/mol. The third-order valence-electron chi connectivity index (χ3n) is 4.85. The van der Waals surface area contributed by atoms with Crippen molar-refractivity contribution in [2.24, 2.45) is 0 Å². The van der Waals surface area contributed by atoms with Crippen LogP contribution in [0.1, 0.15) is 22.7 Å². The number of Topliss-reactive ketones (excluding diaryl/α,β-unsaturated/α-hetero) is 1. The summed E-state index contributed by atoms with van der Waals surface area (Å²) in [6.45, 7) is 1.91. The lowest BCUT2D eigenvalue weighted by molar-refractivity contribution is -0.132. The maximum Gasteiger partial charge on any atom is 0.301 e. The highest BCUT2D eigenvalue weighted by atomic mass is 19.1. The van der Waals surface area contributed by atoms with Crippen molar-refractivity contribution < 1.29 is 19.1 Å². The van der Waals surface area contributed by atoms with E-state index in [1.165, 1.54) is 35.4 Å². The van der Waals surface area contributed by atoms with E-state index in [4.69, 9.17) is 0 Å². The van der Waals surface area contributed by atoms with E-state index in [1.807, 2.05) is 6.92 Å². The summed E-state index contributed by atoms with van der Waals surface area (Å²) >= 11 is 0. The molecular formula is C23H17FN2O3. The van der Waals surface area contributed by atoms with Gasteiger partial charge in [0.05, 0.1) is 11.6 Å². The Labute approximate surface area is 166 Å². The highest BCUT2D eigenvalue weighted by molar-refractivity contribution is 6.51. The largest absolute Gasteiger partial charge is 0.507 e. The quantitative estimate of drug-likeness (QED) is 0.416. The van der Waals surface area contributed by atoms with Crippen molar-refractivity contribution in [3.8, 4) is 0 Å². The van der Waals surface area contributed by atoms with E-state index in [9.17, 15) is 19.1 Å². The van der Waals surface area contributed by atoms with Gasteiger partial charge < -0.3 is 5.11 Å². The molecule has 1 amide bonds. The second-order valence-electron chi connectivity index (χ2n) is 6.77. The van der Waals surface area contributed by atoms with E-state index < -0.39 is 23.5 Å². The summed E-state index contributed by atoms with van der Waals surface area (Å²) in [5.74, 6) is -2.07. The fourth-order valence-electron chi connectivity index (χ4n) is 3.39. The Hall–Kier alpha value is -3.80. The van der Waals surface area contributed by atoms with Crippen molar-refractivity contribution in [1.82, 2.24) is 4.98 Å². The molecule has 5 nitrogen and oxygen atoms in total. The molecule has 1 saturated heterocycles. The number of aliphatic hydroxyl groups is 1. The van der Waals surface area contributed by atoms with Gasteiger partial charge in [-0.1, -0.05) is 48.0 Å². The topological polar surface area (TPSA) is 70.5 Å². The second kappa shape index (κ2) is 7.31. The highest BCUT2D eigenvalue weighted by Crippen LogP contribution is 2.41. The molecule has 1 aliphatic heterocycles. The van der Waals surface area contributed by atoms with Gasteiger partial charge >= 0.3 is 5.91 Å². The number of anilines is 1. The van der Waals surface area contributed by atoms with Gasteiger partial charge in [0, 0.05) is 11.8 Å². The summed E-state index contributed by atoms with van der Waals surface area (Å²) < 4.78 is 13.5. The first-order valence-corrected chi connectivity index (χ1v) is 9.02. The first-order chi connectivity index (χ1) is 14.0. The second-order valence-corrected chi connectivity index (χ2v) is 6.77. The smallest absolute Gasteiger partial charge is 0.301 e. The number of nitrogens with zero attached hydrogens (tertiary/aromatic N) is 2. The summed E-state index contributed by atoms with van der Waals surface area (Å²) in [5.41, 5.74) is 1.84. The molecule has 1 aliphatic rings. The lowest BCUT2D eigenvalue weighted by Crippen LogP contribution is -2.30. The number of ketones is 1. The summed E-state index contributed by atoms with van der Waals surface area (Å²) in [4.78, 5) is 31.2. The first-order valence-electron chi connectivity index (χ1n) is 9.02. The number of hydrogen-bond donors (Lipinski definition) is 1. The number of pyridine rings is 1. The van der Waals surface area contributed by atoms with Gasteiger partial charge in [-0.05, 0) is 36.8 Å². The van der Waals surface area contributed by atoms with Gasteiger partial charge in [-0.3, -0.25) is 14.5 Å². The van der Waals surface area contributed by atoms with Gasteiger partial charge in [-0.15, -0.1) is 0 Å². The average Bonchev–Trinajstić information content (AvgIpc) is 3.00. The maximum absolute atomic E-state index is 13.5. The third-order valence-corrected chi connectivity index (χ3v) is 4.85. The molecule has 2 aromatic carbocycles. The number of rotatable bonds is 3. The van der Waals surface area contributed by atoms with E-state index >= 15 is 0 Å². The van der Waals surface area contributed by atoms with E-state index in [1.54, 1.807) is 42.5 Å². The third kappa shape index (κ3) is 3.29. The van der Waals surface area contributed by atoms with Crippen LogP contribution in [0.15, 0.2) is 78.5 Å². The normalized spacial score (nSPS) is 18.3. The molecule has 0 spiro atoms. The number of hydrogen-bond acceptors (Lipinski definition) is 4. The Morgan fingerprint density at radius 1 is 1.00 bits per heavy atom. The molecule has 1 atom stereocenters. The minimum atomic E-state index is -0.924. The number of amides is 1. The number of carbonyl (C=O) groups is 2. The minimum absolute atomic E-state index is 0.0592. The van der Waals surface area contributed by atoms with Crippen LogP contribution in [0, 0.1) is 12.7 Å². The van der Waals surface area contributed by atoms with Gasteiger partial charge in [-0.25, -0.2) is 9.37 Å². The molecule has 3 aromatic rings. The van der Waals surface area contributed by atoms with Crippen molar-refractivity contribution in [3.05, 3.63) is 101 Å². The number of benzene rings is 2. The Morgan fingerprint density at radius 2 is 1.69 bits per heavy atom. The predicted octanol–water partition coefficient (Wildman–Crippen LogP) is 4.16. The van der Waals surface area contributed by atoms with Crippen LogP contribution in [0.2, 0.25) is 0 Å². The van der Waals surface area contributed by atoms with Crippen LogP contribution >= 0.6 is 0 Å². The van der Waals surface area contributed by atoms with Crippen molar-refractivity contribution in [1.29, 1.82) is 0 Å². The predicted molar refractivity (Wildman–Crippen MR) is 107 cm³/mol. The molecule has 0 bridgehead atoms. The van der Waals surface area contributed by atoms with Crippen LogP contribution in [0.4, 0.5) is 10.2 Å². The molecule has 144 valence electrons. The number of halogens is 1. The summed E-state index contributed by atoms with van der Waals surface area (Å²) in [7, 11) is 0. The Morgan fingerprint density at radius 3 is 2.31 bits per heavy atom. The standard InChI is InChI=1S/C23H17FN2O3/c1-14-5-7-16(8-6-14)21(27)19-20(15-9-11-17(24)12-10-15)26(23(29)22(19)28)18-4-2-3-13-25-18/h2-13,20,27H,1H3/b21-19+/t20-/m1/s1. The zero-order chi connectivity index (χ0) is 20.5. The van der Waals surface area contributed by atoms with E-state index in [0.717, 1.165) is 5.56 Å². The fraction of sp³-hybridized carbons (Fsp3) is 0.0870. The van der Waals surface area contributed by atoms with Crippen LogP contribution < -0.4 is 4.90 Å². The summed E-state index contributed by atoms with van der Waals surface area (Å²) in [5, 5.41) is 10.9. The van der Waals surface area contributed by atoms with Gasteiger partial charge in [0.2, 0.25) is 0 Å². The minimum Gasteiger partial charge on any atom is -0.507 e. The molecule has 1 N–H and O–H groups in total. The molecule has 1 aromatic heterocycles. The van der Waals surface area contributed by atoms with Crippen LogP contribution in [-0.2, 0) is 9.59 Å². The molecule has 1 fully saturated rings. The van der Waals surface area contributed by atoms with E-state index in [0.29, 0.717) is 11.1 Å². The zero-order valence-corrected chi connectivity index (χ0v) is 15.5. The van der Waals surface area contributed by atoms with Crippen molar-refractivity contribution >= 4 is 23.3 Å². The monoisotopic (exact) mass is 388 g/mol. The molecule has 0 unspecified atom stereocenters. The van der Waals surface area contributed by atoms with Crippen LogP contribution in [-0.4, -0.2) is 21.8 Å². The van der Waals surface area contributed by atoms with Gasteiger partial charge in [0.25, 0.3) is 5.78 Å². The maximum atomic E-state index is 13.5. The Bertz CT molecular complexity index is 1110. The number of aliphatic hydroxyl groups excluding tert-OH is 1. The lowest BCUT2D eigenvalue weighted by Gasteiger charge is -2.24. The summed E-state index contributed by atoms with van der Waals surface area (Å²) in [6, 6.07) is 16.5. The van der Waals surface area contributed by atoms with Crippen molar-refractivity contribution in [2.45, 2.75) is 13.0 Å². The Kier molecular flexibility index (Phi) is 4.68. The Balaban J connectivity index is 1.94. The molecule has 0 radical (unpaired) electrons. The molecule has 0 saturated carbocycles. The molecule has 4 rings (SSSR count). The summed E-state index contributed by atoms with van der Waals surface area (Å²) in [6.07, 6.45) is 1.51. The zero-order valence-electron chi connectivity index (χ0n) is 15.5. The van der Waals surface area contributed by atoms with Crippen LogP contribution in [0.3, 0.4) is 0 Å². The van der Waals surface area contributed by atoms with Gasteiger partial charge in [-0.2, -0.15) is 0 Å².